The van der Waals surface area contributed by atoms with Crippen molar-refractivity contribution >= 4 is 11.8 Å². The zero-order valence-corrected chi connectivity index (χ0v) is 17.5. The summed E-state index contributed by atoms with van der Waals surface area (Å²) in [7, 11) is 0. The van der Waals surface area contributed by atoms with Crippen molar-refractivity contribution in [2.75, 3.05) is 19.6 Å². The lowest BCUT2D eigenvalue weighted by atomic mass is 9.98. The third kappa shape index (κ3) is 5.08. The number of hydrogen-bond donors (Lipinski definition) is 1. The fourth-order valence-corrected chi connectivity index (χ4v) is 4.57. The maximum absolute atomic E-state index is 13.3. The average molecular weight is 406 g/mol. The van der Waals surface area contributed by atoms with Crippen LogP contribution >= 0.6 is 0 Å². The average Bonchev–Trinajstić information content (AvgIpc) is 2.78. The van der Waals surface area contributed by atoms with Gasteiger partial charge in [0.2, 0.25) is 11.8 Å². The summed E-state index contributed by atoms with van der Waals surface area (Å²) >= 11 is 0. The summed E-state index contributed by atoms with van der Waals surface area (Å²) in [5.41, 5.74) is 2.22. The number of nitrogens with one attached hydrogen (secondary N) is 1. The highest BCUT2D eigenvalue weighted by Gasteiger charge is 2.34. The Labute approximate surface area is 179 Å². The molecule has 0 bridgehead atoms. The Morgan fingerprint density at radius 1 is 0.933 bits per heavy atom. The third-order valence-electron chi connectivity index (χ3n) is 6.22. The zero-order chi connectivity index (χ0) is 20.8. The zero-order valence-electron chi connectivity index (χ0n) is 17.5. The number of hydrogen-bond acceptors (Lipinski definition) is 3. The van der Waals surface area contributed by atoms with Crippen molar-refractivity contribution in [2.45, 2.75) is 50.7 Å². The van der Waals surface area contributed by atoms with Gasteiger partial charge in [0.15, 0.2) is 0 Å². The van der Waals surface area contributed by atoms with E-state index in [1.165, 1.54) is 5.56 Å². The Morgan fingerprint density at radius 2 is 1.60 bits per heavy atom. The molecule has 5 nitrogen and oxygen atoms in total. The van der Waals surface area contributed by atoms with Gasteiger partial charge in [0.1, 0.15) is 6.04 Å². The van der Waals surface area contributed by atoms with Gasteiger partial charge in [-0.1, -0.05) is 60.7 Å². The lowest BCUT2D eigenvalue weighted by Gasteiger charge is -2.37. The summed E-state index contributed by atoms with van der Waals surface area (Å²) in [5, 5.41) is 3.26. The summed E-state index contributed by atoms with van der Waals surface area (Å²) in [6.45, 7) is 3.55. The Hall–Kier alpha value is -2.66. The second-order valence-corrected chi connectivity index (χ2v) is 8.40. The molecule has 2 aliphatic rings. The summed E-state index contributed by atoms with van der Waals surface area (Å²) < 4.78 is 0. The monoisotopic (exact) mass is 405 g/mol. The summed E-state index contributed by atoms with van der Waals surface area (Å²) in [6.07, 6.45) is 4.29. The molecule has 1 N–H and O–H groups in total. The van der Waals surface area contributed by atoms with Gasteiger partial charge in [0, 0.05) is 38.6 Å². The maximum atomic E-state index is 13.3. The number of carbonyl (C=O) groups excluding carboxylic acids is 2. The molecular weight excluding hydrogens is 374 g/mol. The van der Waals surface area contributed by atoms with E-state index in [-0.39, 0.29) is 17.9 Å². The van der Waals surface area contributed by atoms with Gasteiger partial charge in [-0.3, -0.25) is 14.5 Å². The Kier molecular flexibility index (Phi) is 6.80. The highest BCUT2D eigenvalue weighted by atomic mass is 16.2. The third-order valence-corrected chi connectivity index (χ3v) is 6.22. The molecule has 2 aromatic rings. The Balaban J connectivity index is 1.38. The van der Waals surface area contributed by atoms with Gasteiger partial charge in [0.25, 0.3) is 0 Å². The minimum Gasteiger partial charge on any atom is -0.351 e. The number of piperidine rings is 2. The molecule has 0 radical (unpaired) electrons. The second-order valence-electron chi connectivity index (χ2n) is 8.40. The molecule has 2 saturated heterocycles. The van der Waals surface area contributed by atoms with E-state index in [2.05, 4.69) is 34.5 Å². The van der Waals surface area contributed by atoms with Crippen LogP contribution in [0.3, 0.4) is 0 Å². The van der Waals surface area contributed by atoms with Crippen molar-refractivity contribution < 1.29 is 9.59 Å². The fourth-order valence-electron chi connectivity index (χ4n) is 4.57. The first-order valence-electron chi connectivity index (χ1n) is 11.1. The van der Waals surface area contributed by atoms with Gasteiger partial charge < -0.3 is 10.2 Å². The molecular formula is C25H31N3O2. The smallest absolute Gasteiger partial charge is 0.247 e. The molecule has 2 heterocycles. The molecule has 5 heteroatoms. The van der Waals surface area contributed by atoms with E-state index in [4.69, 9.17) is 0 Å². The van der Waals surface area contributed by atoms with E-state index < -0.39 is 6.04 Å². The van der Waals surface area contributed by atoms with E-state index in [1.807, 2.05) is 36.4 Å². The molecule has 2 amide bonds. The maximum Gasteiger partial charge on any atom is 0.247 e. The molecule has 0 aliphatic carbocycles. The lowest BCUT2D eigenvalue weighted by molar-refractivity contribution is -0.143. The topological polar surface area (TPSA) is 52.7 Å². The van der Waals surface area contributed by atoms with Gasteiger partial charge in [-0.25, -0.2) is 0 Å². The SMILES string of the molecule is O=C(NC1CCN(Cc2ccccc2)CC1)C(c1ccccc1)N1CCCCC1=O. The van der Waals surface area contributed by atoms with Gasteiger partial charge in [-0.15, -0.1) is 0 Å². The van der Waals surface area contributed by atoms with Crippen LogP contribution in [0.5, 0.6) is 0 Å². The number of amides is 2. The van der Waals surface area contributed by atoms with Crippen molar-refractivity contribution in [3.05, 3.63) is 71.8 Å². The van der Waals surface area contributed by atoms with Gasteiger partial charge in [0.05, 0.1) is 0 Å². The van der Waals surface area contributed by atoms with Crippen molar-refractivity contribution in [3.63, 3.8) is 0 Å². The second kappa shape index (κ2) is 9.90. The molecule has 158 valence electrons. The summed E-state index contributed by atoms with van der Waals surface area (Å²) in [5.74, 6) is 0.0425. The number of benzene rings is 2. The molecule has 2 fully saturated rings. The van der Waals surface area contributed by atoms with E-state index in [9.17, 15) is 9.59 Å². The number of carbonyl (C=O) groups is 2. The van der Waals surface area contributed by atoms with Crippen LogP contribution in [0.2, 0.25) is 0 Å². The van der Waals surface area contributed by atoms with Crippen LogP contribution in [0.15, 0.2) is 60.7 Å². The molecule has 2 aliphatic heterocycles. The minimum absolute atomic E-state index is 0.0436. The standard InChI is InChI=1S/C25H31N3O2/c29-23-13-7-8-16-28(23)24(21-11-5-2-6-12-21)25(30)26-22-14-17-27(18-15-22)19-20-9-3-1-4-10-20/h1-6,9-12,22,24H,7-8,13-19H2,(H,26,30). The predicted molar refractivity (Wildman–Crippen MR) is 118 cm³/mol. The molecule has 2 aromatic carbocycles. The molecule has 0 spiro atoms. The van der Waals surface area contributed by atoms with Crippen LogP contribution in [0.1, 0.15) is 49.3 Å². The first kappa shape index (κ1) is 20.6. The lowest BCUT2D eigenvalue weighted by Crippen LogP contribution is -2.50. The van der Waals surface area contributed by atoms with Gasteiger partial charge in [-0.2, -0.15) is 0 Å². The van der Waals surface area contributed by atoms with Crippen LogP contribution in [-0.2, 0) is 16.1 Å². The van der Waals surface area contributed by atoms with Crippen LogP contribution in [-0.4, -0.2) is 47.3 Å². The predicted octanol–water partition coefficient (Wildman–Crippen LogP) is 3.52. The molecule has 30 heavy (non-hydrogen) atoms. The number of nitrogens with zero attached hydrogens (tertiary/aromatic N) is 2. The van der Waals surface area contributed by atoms with Crippen molar-refractivity contribution in [2.24, 2.45) is 0 Å². The highest BCUT2D eigenvalue weighted by molar-refractivity contribution is 5.89. The fraction of sp³-hybridized carbons (Fsp3) is 0.440. The largest absolute Gasteiger partial charge is 0.351 e. The molecule has 4 rings (SSSR count). The van der Waals surface area contributed by atoms with E-state index in [0.717, 1.165) is 50.9 Å². The van der Waals surface area contributed by atoms with E-state index in [1.54, 1.807) is 4.90 Å². The molecule has 0 saturated carbocycles. The van der Waals surface area contributed by atoms with Gasteiger partial charge in [-0.05, 0) is 36.8 Å². The van der Waals surface area contributed by atoms with E-state index >= 15 is 0 Å². The van der Waals surface area contributed by atoms with Crippen molar-refractivity contribution in [1.82, 2.24) is 15.1 Å². The molecule has 0 aromatic heterocycles. The van der Waals surface area contributed by atoms with E-state index in [0.29, 0.717) is 13.0 Å². The first-order valence-corrected chi connectivity index (χ1v) is 11.1. The Bertz CT molecular complexity index is 832. The van der Waals surface area contributed by atoms with Crippen LogP contribution in [0.25, 0.3) is 0 Å². The minimum atomic E-state index is -0.527. The first-order chi connectivity index (χ1) is 14.7. The molecule has 1 unspecified atom stereocenters. The quantitative estimate of drug-likeness (QED) is 0.800. The number of likely N-dealkylation sites (tertiary alicyclic amines) is 2. The molecule has 1 atom stereocenters. The van der Waals surface area contributed by atoms with Crippen LogP contribution < -0.4 is 5.32 Å². The van der Waals surface area contributed by atoms with Crippen molar-refractivity contribution in [3.8, 4) is 0 Å². The van der Waals surface area contributed by atoms with Crippen molar-refractivity contribution in [1.29, 1.82) is 0 Å². The van der Waals surface area contributed by atoms with Crippen LogP contribution in [0.4, 0.5) is 0 Å². The summed E-state index contributed by atoms with van der Waals surface area (Å²) in [4.78, 5) is 30.1. The summed E-state index contributed by atoms with van der Waals surface area (Å²) in [6, 6.07) is 19.9. The highest BCUT2D eigenvalue weighted by Crippen LogP contribution is 2.26. The Morgan fingerprint density at radius 3 is 2.27 bits per heavy atom. The normalized spacial score (nSPS) is 19.5. The van der Waals surface area contributed by atoms with Crippen LogP contribution in [0, 0.1) is 0 Å². The number of rotatable bonds is 6. The van der Waals surface area contributed by atoms with Gasteiger partial charge >= 0.3 is 0 Å².